The largest absolute Gasteiger partial charge is 0.351 e. The van der Waals surface area contributed by atoms with Gasteiger partial charge in [-0.15, -0.1) is 0 Å². The van der Waals surface area contributed by atoms with E-state index in [0.29, 0.717) is 17.4 Å². The molecule has 1 amide bonds. The van der Waals surface area contributed by atoms with Crippen LogP contribution in [0.1, 0.15) is 23.2 Å². The summed E-state index contributed by atoms with van der Waals surface area (Å²) in [5.41, 5.74) is 1.98. The van der Waals surface area contributed by atoms with E-state index in [2.05, 4.69) is 10.8 Å². The van der Waals surface area contributed by atoms with Gasteiger partial charge in [0, 0.05) is 22.0 Å². The van der Waals surface area contributed by atoms with Crippen LogP contribution in [0.25, 0.3) is 0 Å². The van der Waals surface area contributed by atoms with E-state index in [1.54, 1.807) is 6.07 Å². The molecule has 9 heteroatoms. The summed E-state index contributed by atoms with van der Waals surface area (Å²) in [5, 5.41) is 2.80. The van der Waals surface area contributed by atoms with Gasteiger partial charge in [-0.2, -0.15) is 0 Å². The van der Waals surface area contributed by atoms with Crippen molar-refractivity contribution in [1.82, 2.24) is 5.48 Å². The molecule has 1 unspecified atom stereocenters. The van der Waals surface area contributed by atoms with Crippen LogP contribution in [-0.2, 0) is 15.6 Å². The Morgan fingerprint density at radius 1 is 1.30 bits per heavy atom. The summed E-state index contributed by atoms with van der Waals surface area (Å²) in [5.74, 6) is -2.62. The fourth-order valence-electron chi connectivity index (χ4n) is 2.34. The highest BCUT2D eigenvalue weighted by Crippen LogP contribution is 2.32. The molecule has 1 aliphatic rings. The quantitative estimate of drug-likeness (QED) is 0.667. The van der Waals surface area contributed by atoms with Crippen molar-refractivity contribution in [3.05, 3.63) is 52.6 Å². The smallest absolute Gasteiger partial charge is 0.277 e. The highest BCUT2D eigenvalue weighted by molar-refractivity contribution is 7.84. The molecular formula is C18H17ClF2N2O3S. The lowest BCUT2D eigenvalue weighted by molar-refractivity contribution is 0.0270. The van der Waals surface area contributed by atoms with E-state index in [1.807, 2.05) is 0 Å². The highest BCUT2D eigenvalue weighted by Gasteiger charge is 2.23. The number of benzene rings is 2. The van der Waals surface area contributed by atoms with Crippen LogP contribution in [0, 0.1) is 17.6 Å². The number of hydrogen-bond acceptors (Lipinski definition) is 4. The van der Waals surface area contributed by atoms with Gasteiger partial charge in [0.15, 0.2) is 11.6 Å². The minimum Gasteiger partial charge on any atom is -0.351 e. The molecule has 0 saturated heterocycles. The molecular weight excluding hydrogens is 398 g/mol. The number of hydroxylamine groups is 1. The summed E-state index contributed by atoms with van der Waals surface area (Å²) in [4.78, 5) is 17.9. The van der Waals surface area contributed by atoms with Crippen molar-refractivity contribution in [2.45, 2.75) is 17.7 Å². The maximum Gasteiger partial charge on any atom is 0.277 e. The van der Waals surface area contributed by atoms with E-state index in [4.69, 9.17) is 16.4 Å². The maximum atomic E-state index is 14.4. The lowest BCUT2D eigenvalue weighted by atomic mass is 10.1. The molecule has 1 fully saturated rings. The van der Waals surface area contributed by atoms with Gasteiger partial charge in [-0.05, 0) is 49.1 Å². The van der Waals surface area contributed by atoms with Crippen LogP contribution in [0.3, 0.4) is 0 Å². The van der Waals surface area contributed by atoms with Crippen LogP contribution in [0.4, 0.5) is 20.2 Å². The molecule has 1 aliphatic carbocycles. The summed E-state index contributed by atoms with van der Waals surface area (Å²) < 4.78 is 39.6. The first kappa shape index (κ1) is 19.7. The summed E-state index contributed by atoms with van der Waals surface area (Å²) in [7, 11) is -1.24. The molecule has 0 bridgehead atoms. The van der Waals surface area contributed by atoms with Gasteiger partial charge in [-0.3, -0.25) is 13.8 Å². The first-order valence-electron chi connectivity index (χ1n) is 8.17. The lowest BCUT2D eigenvalue weighted by Gasteiger charge is -2.15. The Labute approximate surface area is 162 Å². The molecule has 2 N–H and O–H groups in total. The third-order valence-corrected chi connectivity index (χ3v) is 5.28. The zero-order valence-electron chi connectivity index (χ0n) is 14.4. The zero-order valence-corrected chi connectivity index (χ0v) is 15.9. The number of carbonyl (C=O) groups is 1. The number of rotatable bonds is 7. The second-order valence-electron chi connectivity index (χ2n) is 6.19. The molecule has 1 atom stereocenters. The van der Waals surface area contributed by atoms with Crippen molar-refractivity contribution in [3.8, 4) is 0 Å². The summed E-state index contributed by atoms with van der Waals surface area (Å²) >= 11 is 6.13. The molecule has 5 nitrogen and oxygen atoms in total. The molecule has 3 rings (SSSR count). The molecule has 0 radical (unpaired) electrons. The molecule has 2 aromatic rings. The Bertz CT molecular complexity index is 906. The molecule has 0 aromatic heterocycles. The fraction of sp³-hybridized carbons (Fsp3) is 0.278. The third-order valence-electron chi connectivity index (χ3n) is 4.05. The summed E-state index contributed by atoms with van der Waals surface area (Å²) in [6.07, 6.45) is 3.59. The Balaban J connectivity index is 1.85. The molecule has 144 valence electrons. The molecule has 2 aromatic carbocycles. The first-order chi connectivity index (χ1) is 12.9. The van der Waals surface area contributed by atoms with Gasteiger partial charge in [0.2, 0.25) is 0 Å². The standard InChI is InChI=1S/C18H17ClF2N2O3S/c1-27(25)11-4-7-15(13(19)8-11)22-17-12(5-6-14(20)16(17)21)18(24)23-26-9-10-2-3-10/h4-8,10,22H,2-3,9H2,1H3,(H,23,24). The predicted molar refractivity (Wildman–Crippen MR) is 99.6 cm³/mol. The number of carbonyl (C=O) groups excluding carboxylic acids is 1. The van der Waals surface area contributed by atoms with E-state index in [0.717, 1.165) is 25.0 Å². The van der Waals surface area contributed by atoms with Crippen molar-refractivity contribution in [2.75, 3.05) is 18.2 Å². The van der Waals surface area contributed by atoms with Crippen LogP contribution >= 0.6 is 11.6 Å². The minimum absolute atomic E-state index is 0.135. The van der Waals surface area contributed by atoms with Gasteiger partial charge < -0.3 is 5.32 Å². The Hall–Kier alpha value is -2.03. The fourth-order valence-corrected chi connectivity index (χ4v) is 3.17. The SMILES string of the molecule is CS(=O)c1ccc(Nc2c(C(=O)NOCC3CC3)ccc(F)c2F)c(Cl)c1. The number of halogens is 3. The summed E-state index contributed by atoms with van der Waals surface area (Å²) in [6, 6.07) is 6.49. The first-order valence-corrected chi connectivity index (χ1v) is 10.1. The van der Waals surface area contributed by atoms with Crippen LogP contribution in [0.2, 0.25) is 5.02 Å². The van der Waals surface area contributed by atoms with Crippen molar-refractivity contribution < 1.29 is 22.6 Å². The molecule has 0 spiro atoms. The highest BCUT2D eigenvalue weighted by atomic mass is 35.5. The molecule has 27 heavy (non-hydrogen) atoms. The second-order valence-corrected chi connectivity index (χ2v) is 7.98. The van der Waals surface area contributed by atoms with Gasteiger partial charge in [-0.25, -0.2) is 14.3 Å². The predicted octanol–water partition coefficient (Wildman–Crippen LogP) is 4.17. The molecule has 1 saturated carbocycles. The van der Waals surface area contributed by atoms with Gasteiger partial charge >= 0.3 is 0 Å². The van der Waals surface area contributed by atoms with Crippen LogP contribution in [0.5, 0.6) is 0 Å². The topological polar surface area (TPSA) is 67.4 Å². The van der Waals surface area contributed by atoms with E-state index in [9.17, 15) is 17.8 Å². The van der Waals surface area contributed by atoms with Gasteiger partial charge in [0.25, 0.3) is 5.91 Å². The third kappa shape index (κ3) is 4.82. The monoisotopic (exact) mass is 414 g/mol. The van der Waals surface area contributed by atoms with Crippen LogP contribution in [-0.4, -0.2) is 23.0 Å². The van der Waals surface area contributed by atoms with Crippen molar-refractivity contribution in [3.63, 3.8) is 0 Å². The van der Waals surface area contributed by atoms with Gasteiger partial charge in [-0.1, -0.05) is 11.6 Å². The average Bonchev–Trinajstić information content (AvgIpc) is 3.44. The second kappa shape index (κ2) is 8.33. The number of nitrogens with one attached hydrogen (secondary N) is 2. The van der Waals surface area contributed by atoms with E-state index < -0.39 is 28.3 Å². The number of amides is 1. The number of hydrogen-bond donors (Lipinski definition) is 2. The normalized spacial score (nSPS) is 14.7. The lowest BCUT2D eigenvalue weighted by Crippen LogP contribution is -2.26. The Morgan fingerprint density at radius 2 is 2.04 bits per heavy atom. The maximum absolute atomic E-state index is 14.4. The summed E-state index contributed by atoms with van der Waals surface area (Å²) in [6.45, 7) is 0.375. The van der Waals surface area contributed by atoms with Gasteiger partial charge in [0.1, 0.15) is 0 Å². The molecule has 0 aliphatic heterocycles. The Kier molecular flexibility index (Phi) is 6.08. The van der Waals surface area contributed by atoms with Gasteiger partial charge in [0.05, 0.1) is 28.6 Å². The van der Waals surface area contributed by atoms with E-state index in [-0.39, 0.29) is 22.0 Å². The minimum atomic E-state index is -1.24. The van der Waals surface area contributed by atoms with Crippen molar-refractivity contribution in [1.29, 1.82) is 0 Å². The molecule has 0 heterocycles. The van der Waals surface area contributed by atoms with Crippen LogP contribution < -0.4 is 10.8 Å². The number of anilines is 2. The van der Waals surface area contributed by atoms with E-state index >= 15 is 0 Å². The van der Waals surface area contributed by atoms with Crippen molar-refractivity contribution in [2.24, 2.45) is 5.92 Å². The Morgan fingerprint density at radius 3 is 2.67 bits per heavy atom. The van der Waals surface area contributed by atoms with E-state index in [1.165, 1.54) is 18.4 Å². The zero-order chi connectivity index (χ0) is 19.6. The van der Waals surface area contributed by atoms with Crippen LogP contribution in [0.15, 0.2) is 35.2 Å². The average molecular weight is 415 g/mol. The van der Waals surface area contributed by atoms with Crippen molar-refractivity contribution >= 4 is 39.7 Å².